The monoisotopic (exact) mass is 501 g/mol. The second-order valence-electron chi connectivity index (χ2n) is 9.58. The van der Waals surface area contributed by atoms with Crippen molar-refractivity contribution in [1.82, 2.24) is 19.9 Å². The number of nitrogens with two attached hydrogens (primary N) is 1. The Morgan fingerprint density at radius 1 is 1.03 bits per heavy atom. The third-order valence-corrected chi connectivity index (χ3v) is 7.07. The van der Waals surface area contributed by atoms with Gasteiger partial charge in [0, 0.05) is 42.4 Å². The lowest BCUT2D eigenvalue weighted by molar-refractivity contribution is -0.122. The fraction of sp³-hybridized carbons (Fsp3) is 0.296. The van der Waals surface area contributed by atoms with E-state index < -0.39 is 11.6 Å². The Bertz CT molecular complexity index is 1480. The van der Waals surface area contributed by atoms with Gasteiger partial charge in [-0.15, -0.1) is 0 Å². The highest BCUT2D eigenvalue weighted by atomic mass is 19.1. The second kappa shape index (κ2) is 9.34. The third-order valence-electron chi connectivity index (χ3n) is 7.07. The number of carbonyl (C=O) groups is 1. The SMILES string of the molecule is NC(=O)C1CCN(c2nc(-c3ccnc(Nc4c(F)cccc4F)c3)nc3cncc(C4CC4)c23)CC1. The first-order chi connectivity index (χ1) is 18.0. The van der Waals surface area contributed by atoms with Crippen molar-refractivity contribution in [2.24, 2.45) is 11.7 Å². The Balaban J connectivity index is 1.41. The largest absolute Gasteiger partial charge is 0.369 e. The third kappa shape index (κ3) is 4.54. The first-order valence-electron chi connectivity index (χ1n) is 12.4. The molecule has 1 saturated carbocycles. The molecule has 6 rings (SSSR count). The van der Waals surface area contributed by atoms with Crippen molar-refractivity contribution >= 4 is 34.1 Å². The first-order valence-corrected chi connectivity index (χ1v) is 12.4. The number of hydrogen-bond donors (Lipinski definition) is 2. The van der Waals surface area contributed by atoms with Gasteiger partial charge in [-0.1, -0.05) is 6.07 Å². The molecule has 1 aromatic carbocycles. The molecule has 4 aromatic rings. The number of amides is 1. The summed E-state index contributed by atoms with van der Waals surface area (Å²) in [5.74, 6) is 0.134. The van der Waals surface area contributed by atoms with E-state index >= 15 is 0 Å². The van der Waals surface area contributed by atoms with E-state index in [1.807, 2.05) is 6.20 Å². The average Bonchev–Trinajstić information content (AvgIpc) is 3.76. The van der Waals surface area contributed by atoms with Gasteiger partial charge in [-0.3, -0.25) is 9.78 Å². The molecule has 0 bridgehead atoms. The van der Waals surface area contributed by atoms with Gasteiger partial charge in [0.1, 0.15) is 29.0 Å². The van der Waals surface area contributed by atoms with E-state index in [9.17, 15) is 13.6 Å². The molecule has 1 saturated heterocycles. The van der Waals surface area contributed by atoms with E-state index in [1.54, 1.807) is 24.5 Å². The summed E-state index contributed by atoms with van der Waals surface area (Å²) < 4.78 is 28.4. The average molecular weight is 502 g/mol. The molecule has 0 spiro atoms. The number of halogens is 2. The van der Waals surface area contributed by atoms with E-state index in [0.29, 0.717) is 43.2 Å². The quantitative estimate of drug-likeness (QED) is 0.394. The van der Waals surface area contributed by atoms with Gasteiger partial charge in [-0.25, -0.2) is 23.7 Å². The van der Waals surface area contributed by atoms with Gasteiger partial charge < -0.3 is 16.0 Å². The Morgan fingerprint density at radius 3 is 2.49 bits per heavy atom. The number of fused-ring (bicyclic) bond motifs is 1. The lowest BCUT2D eigenvalue weighted by atomic mass is 9.96. The number of benzene rings is 1. The molecule has 2 aliphatic rings. The number of hydrogen-bond acceptors (Lipinski definition) is 7. The van der Waals surface area contributed by atoms with Gasteiger partial charge in [-0.05, 0) is 61.4 Å². The van der Waals surface area contributed by atoms with Gasteiger partial charge in [-0.2, -0.15) is 0 Å². The van der Waals surface area contributed by atoms with Crippen LogP contribution in [0.1, 0.15) is 37.2 Å². The van der Waals surface area contributed by atoms with Crippen LogP contribution in [-0.4, -0.2) is 38.9 Å². The number of rotatable bonds is 6. The van der Waals surface area contributed by atoms with Crippen LogP contribution in [0.15, 0.2) is 48.9 Å². The van der Waals surface area contributed by atoms with Crippen molar-refractivity contribution in [1.29, 1.82) is 0 Å². The van der Waals surface area contributed by atoms with Gasteiger partial charge in [0.15, 0.2) is 5.82 Å². The van der Waals surface area contributed by atoms with E-state index in [2.05, 4.69) is 20.2 Å². The van der Waals surface area contributed by atoms with Crippen LogP contribution >= 0.6 is 0 Å². The molecule has 8 nitrogen and oxygen atoms in total. The number of nitrogens with one attached hydrogen (secondary N) is 1. The molecule has 1 aliphatic heterocycles. The number of aromatic nitrogens is 4. The molecular formula is C27H25F2N7O. The van der Waals surface area contributed by atoms with Gasteiger partial charge in [0.25, 0.3) is 0 Å². The van der Waals surface area contributed by atoms with Gasteiger partial charge >= 0.3 is 0 Å². The predicted octanol–water partition coefficient (Wildman–Crippen LogP) is 4.69. The molecule has 2 fully saturated rings. The van der Waals surface area contributed by atoms with Crippen LogP contribution in [0, 0.1) is 17.6 Å². The first kappa shape index (κ1) is 23.2. The van der Waals surface area contributed by atoms with Gasteiger partial charge in [0.2, 0.25) is 5.91 Å². The van der Waals surface area contributed by atoms with Gasteiger partial charge in [0.05, 0.1) is 11.7 Å². The number of nitrogens with zero attached hydrogens (tertiary/aromatic N) is 5. The zero-order chi connectivity index (χ0) is 25.5. The molecule has 4 heterocycles. The van der Waals surface area contributed by atoms with Crippen molar-refractivity contribution in [2.45, 2.75) is 31.6 Å². The Kier molecular flexibility index (Phi) is 5.86. The summed E-state index contributed by atoms with van der Waals surface area (Å²) >= 11 is 0. The minimum atomic E-state index is -0.713. The van der Waals surface area contributed by atoms with Crippen LogP contribution in [0.25, 0.3) is 22.3 Å². The smallest absolute Gasteiger partial charge is 0.220 e. The maximum atomic E-state index is 14.2. The summed E-state index contributed by atoms with van der Waals surface area (Å²) in [6.45, 7) is 1.31. The Labute approximate surface area is 212 Å². The maximum absolute atomic E-state index is 14.2. The summed E-state index contributed by atoms with van der Waals surface area (Å²) in [5.41, 5.74) is 7.79. The van der Waals surface area contributed by atoms with Crippen LogP contribution in [0.2, 0.25) is 0 Å². The Hall–Kier alpha value is -4.21. The van der Waals surface area contributed by atoms with Crippen molar-refractivity contribution in [3.05, 3.63) is 66.1 Å². The van der Waals surface area contributed by atoms with E-state index in [4.69, 9.17) is 15.7 Å². The normalized spacial score (nSPS) is 16.2. The lowest BCUT2D eigenvalue weighted by Crippen LogP contribution is -2.39. The van der Waals surface area contributed by atoms with E-state index in [0.717, 1.165) is 35.1 Å². The zero-order valence-corrected chi connectivity index (χ0v) is 20.0. The number of anilines is 3. The molecule has 0 unspecified atom stereocenters. The highest BCUT2D eigenvalue weighted by molar-refractivity contribution is 5.94. The maximum Gasteiger partial charge on any atom is 0.220 e. The summed E-state index contributed by atoms with van der Waals surface area (Å²) in [6.07, 6.45) is 8.73. The van der Waals surface area contributed by atoms with E-state index in [-0.39, 0.29) is 23.3 Å². The molecule has 10 heteroatoms. The summed E-state index contributed by atoms with van der Waals surface area (Å²) in [6, 6.07) is 7.08. The van der Waals surface area contributed by atoms with Crippen molar-refractivity contribution in [3.8, 4) is 11.4 Å². The molecule has 37 heavy (non-hydrogen) atoms. The fourth-order valence-corrected chi connectivity index (χ4v) is 4.91. The number of piperidine rings is 1. The molecule has 0 radical (unpaired) electrons. The van der Waals surface area contributed by atoms with Crippen LogP contribution in [0.4, 0.5) is 26.1 Å². The molecule has 1 aliphatic carbocycles. The second-order valence-corrected chi connectivity index (χ2v) is 9.58. The lowest BCUT2D eigenvalue weighted by Gasteiger charge is -2.32. The van der Waals surface area contributed by atoms with Crippen LogP contribution < -0.4 is 16.0 Å². The molecule has 1 amide bonds. The molecule has 3 N–H and O–H groups in total. The number of primary amides is 1. The Morgan fingerprint density at radius 2 is 1.78 bits per heavy atom. The van der Waals surface area contributed by atoms with Crippen LogP contribution in [0.3, 0.4) is 0 Å². The number of carbonyl (C=O) groups excluding carboxylic acids is 1. The molecule has 188 valence electrons. The summed E-state index contributed by atoms with van der Waals surface area (Å²) in [4.78, 5) is 32.4. The molecular weight excluding hydrogens is 476 g/mol. The van der Waals surface area contributed by atoms with Crippen molar-refractivity contribution in [2.75, 3.05) is 23.3 Å². The van der Waals surface area contributed by atoms with Crippen LogP contribution in [-0.2, 0) is 4.79 Å². The minimum Gasteiger partial charge on any atom is -0.369 e. The fourth-order valence-electron chi connectivity index (χ4n) is 4.91. The standard InChI is InChI=1S/C27H25F2N7O/c28-19-2-1-3-20(29)24(19)34-22-12-17(6-9-32-22)26-33-21-14-31-13-18(15-4-5-15)23(21)27(35-26)36-10-7-16(8-11-36)25(30)37/h1-3,6,9,12-16H,4-5,7-8,10-11H2,(H2,30,37)(H,32,34). The van der Waals surface area contributed by atoms with Crippen molar-refractivity contribution < 1.29 is 13.6 Å². The highest BCUT2D eigenvalue weighted by Gasteiger charge is 2.31. The highest BCUT2D eigenvalue weighted by Crippen LogP contribution is 2.45. The number of pyridine rings is 2. The van der Waals surface area contributed by atoms with Crippen molar-refractivity contribution in [3.63, 3.8) is 0 Å². The summed E-state index contributed by atoms with van der Waals surface area (Å²) in [7, 11) is 0. The van der Waals surface area contributed by atoms with E-state index in [1.165, 1.54) is 18.2 Å². The molecule has 0 atom stereocenters. The zero-order valence-electron chi connectivity index (χ0n) is 20.0. The van der Waals surface area contributed by atoms with Crippen LogP contribution in [0.5, 0.6) is 0 Å². The predicted molar refractivity (Wildman–Crippen MR) is 136 cm³/mol. The molecule has 3 aromatic heterocycles. The number of para-hydroxylation sites is 1. The topological polar surface area (TPSA) is 110 Å². The summed E-state index contributed by atoms with van der Waals surface area (Å²) in [5, 5.41) is 3.72. The minimum absolute atomic E-state index is 0.138.